The van der Waals surface area contributed by atoms with Crippen LogP contribution in [0.2, 0.25) is 0 Å². The fraction of sp³-hybridized carbons (Fsp3) is 0.895. The van der Waals surface area contributed by atoms with E-state index < -0.39 is 23.1 Å². The number of esters is 1. The van der Waals surface area contributed by atoms with Gasteiger partial charge in [-0.15, -0.1) is 0 Å². The van der Waals surface area contributed by atoms with Crippen LogP contribution in [-0.2, 0) is 14.3 Å². The van der Waals surface area contributed by atoms with Gasteiger partial charge in [-0.3, -0.25) is 0 Å². The Morgan fingerprint density at radius 2 is 1.29 bits per heavy atom. The van der Waals surface area contributed by atoms with Crippen LogP contribution in [0.1, 0.15) is 98.3 Å². The van der Waals surface area contributed by atoms with Crippen molar-refractivity contribution in [2.75, 3.05) is 0 Å². The molecule has 142 valence electrons. The summed E-state index contributed by atoms with van der Waals surface area (Å²) in [4.78, 5) is 24.3. The zero-order valence-corrected chi connectivity index (χ0v) is 15.9. The Morgan fingerprint density at radius 3 is 1.75 bits per heavy atom. The quantitative estimate of drug-likeness (QED) is 0.359. The highest BCUT2D eigenvalue weighted by Crippen LogP contribution is 2.30. The number of ether oxygens (including phenoxy) is 1. The van der Waals surface area contributed by atoms with Gasteiger partial charge in [0.1, 0.15) is 0 Å². The van der Waals surface area contributed by atoms with Crippen LogP contribution < -0.4 is 0 Å². The molecular formula is C19H36O5. The minimum atomic E-state index is -1.63. The van der Waals surface area contributed by atoms with Crippen LogP contribution in [0.15, 0.2) is 0 Å². The third kappa shape index (κ3) is 7.65. The van der Waals surface area contributed by atoms with Crippen LogP contribution in [0.25, 0.3) is 0 Å². The molecule has 0 aliphatic carbocycles. The molecule has 0 bridgehead atoms. The van der Waals surface area contributed by atoms with E-state index in [2.05, 4.69) is 0 Å². The minimum absolute atomic E-state index is 0.290. The number of rotatable bonds is 14. The molecule has 5 heteroatoms. The Balaban J connectivity index is 5.11. The first-order valence-corrected chi connectivity index (χ1v) is 9.45. The molecule has 0 heterocycles. The minimum Gasteiger partial charge on any atom is -0.478 e. The van der Waals surface area contributed by atoms with Gasteiger partial charge < -0.3 is 14.9 Å². The van der Waals surface area contributed by atoms with Gasteiger partial charge in [-0.2, -0.15) is 0 Å². The average Bonchev–Trinajstić information content (AvgIpc) is 2.52. The largest absolute Gasteiger partial charge is 0.478 e. The molecular weight excluding hydrogens is 308 g/mol. The van der Waals surface area contributed by atoms with E-state index in [1.165, 1.54) is 6.92 Å². The lowest BCUT2D eigenvalue weighted by Crippen LogP contribution is -2.49. The molecule has 0 aliphatic heterocycles. The highest BCUT2D eigenvalue weighted by atomic mass is 16.6. The first kappa shape index (κ1) is 22.9. The third-order valence-corrected chi connectivity index (χ3v) is 4.50. The third-order valence-electron chi connectivity index (χ3n) is 4.50. The van der Waals surface area contributed by atoms with E-state index in [-0.39, 0.29) is 6.42 Å². The molecule has 24 heavy (non-hydrogen) atoms. The SMILES string of the molecule is CCCCCC(C)(O)C(=O)OC(CCCC)(CCCCC)C(=O)O. The molecule has 2 unspecified atom stereocenters. The predicted molar refractivity (Wildman–Crippen MR) is 94.9 cm³/mol. The Kier molecular flexibility index (Phi) is 10.9. The van der Waals surface area contributed by atoms with Gasteiger partial charge in [0.2, 0.25) is 5.60 Å². The predicted octanol–water partition coefficient (Wildman–Crippen LogP) is 4.45. The standard InChI is InChI=1S/C19H36O5/c1-5-8-11-13-18(4,23)17(22)24-19(16(20)21,14-10-7-3)15-12-9-6-2/h23H,5-15H2,1-4H3,(H,20,21). The Bertz CT molecular complexity index is 378. The summed E-state index contributed by atoms with van der Waals surface area (Å²) >= 11 is 0. The summed E-state index contributed by atoms with van der Waals surface area (Å²) in [6.07, 6.45) is 7.54. The van der Waals surface area contributed by atoms with Gasteiger partial charge in [0.25, 0.3) is 0 Å². The zero-order chi connectivity index (χ0) is 18.6. The van der Waals surface area contributed by atoms with Gasteiger partial charge in [-0.1, -0.05) is 52.9 Å². The average molecular weight is 344 g/mol. The summed E-state index contributed by atoms with van der Waals surface area (Å²) in [5, 5.41) is 20.1. The normalized spacial score (nSPS) is 16.2. The molecule has 2 atom stereocenters. The monoisotopic (exact) mass is 344 g/mol. The molecule has 0 saturated carbocycles. The number of carboxylic acids is 1. The first-order valence-electron chi connectivity index (χ1n) is 9.45. The lowest BCUT2D eigenvalue weighted by atomic mass is 9.89. The highest BCUT2D eigenvalue weighted by molar-refractivity contribution is 5.85. The number of carbonyl (C=O) groups excluding carboxylic acids is 1. The van der Waals surface area contributed by atoms with E-state index in [1.54, 1.807) is 0 Å². The van der Waals surface area contributed by atoms with Crippen LogP contribution in [0.4, 0.5) is 0 Å². The second kappa shape index (κ2) is 11.5. The molecule has 0 rings (SSSR count). The van der Waals surface area contributed by atoms with Crippen molar-refractivity contribution in [1.29, 1.82) is 0 Å². The number of hydrogen-bond acceptors (Lipinski definition) is 4. The second-order valence-corrected chi connectivity index (χ2v) is 6.98. The van der Waals surface area contributed by atoms with Crippen molar-refractivity contribution in [1.82, 2.24) is 0 Å². The van der Waals surface area contributed by atoms with E-state index in [0.717, 1.165) is 32.1 Å². The lowest BCUT2D eigenvalue weighted by molar-refractivity contribution is -0.194. The van der Waals surface area contributed by atoms with E-state index in [4.69, 9.17) is 4.74 Å². The molecule has 0 saturated heterocycles. The van der Waals surface area contributed by atoms with Gasteiger partial charge in [0.05, 0.1) is 0 Å². The maximum Gasteiger partial charge on any atom is 0.348 e. The summed E-state index contributed by atoms with van der Waals surface area (Å²) < 4.78 is 5.46. The number of carbonyl (C=O) groups is 2. The number of aliphatic carboxylic acids is 1. The fourth-order valence-electron chi connectivity index (χ4n) is 2.72. The van der Waals surface area contributed by atoms with Crippen molar-refractivity contribution < 1.29 is 24.5 Å². The number of hydrogen-bond donors (Lipinski definition) is 2. The van der Waals surface area contributed by atoms with Crippen molar-refractivity contribution >= 4 is 11.9 Å². The molecule has 0 amide bonds. The number of carboxylic acid groups (broad SMARTS) is 1. The maximum absolute atomic E-state index is 12.4. The van der Waals surface area contributed by atoms with Gasteiger partial charge in [-0.05, 0) is 45.4 Å². The van der Waals surface area contributed by atoms with Gasteiger partial charge in [0, 0.05) is 0 Å². The van der Waals surface area contributed by atoms with Gasteiger partial charge in [-0.25, -0.2) is 9.59 Å². The molecule has 0 radical (unpaired) electrons. The molecule has 5 nitrogen and oxygen atoms in total. The first-order chi connectivity index (χ1) is 11.3. The molecule has 0 spiro atoms. The summed E-state index contributed by atoms with van der Waals surface area (Å²) in [7, 11) is 0. The van der Waals surface area contributed by atoms with Crippen molar-refractivity contribution in [3.63, 3.8) is 0 Å². The summed E-state index contributed by atoms with van der Waals surface area (Å²) in [5.41, 5.74) is -3.15. The topological polar surface area (TPSA) is 83.8 Å². The Labute approximate surface area is 146 Å². The summed E-state index contributed by atoms with van der Waals surface area (Å²) in [6, 6.07) is 0. The fourth-order valence-corrected chi connectivity index (χ4v) is 2.72. The van der Waals surface area contributed by atoms with Crippen LogP contribution in [0, 0.1) is 0 Å². The van der Waals surface area contributed by atoms with Crippen LogP contribution in [0.5, 0.6) is 0 Å². The van der Waals surface area contributed by atoms with E-state index >= 15 is 0 Å². The Hall–Kier alpha value is -1.10. The Morgan fingerprint density at radius 1 is 0.833 bits per heavy atom. The number of aliphatic hydroxyl groups is 1. The van der Waals surface area contributed by atoms with Crippen molar-refractivity contribution in [2.45, 2.75) is 110 Å². The van der Waals surface area contributed by atoms with Crippen molar-refractivity contribution in [2.24, 2.45) is 0 Å². The highest BCUT2D eigenvalue weighted by Gasteiger charge is 2.45. The van der Waals surface area contributed by atoms with E-state index in [1.807, 2.05) is 20.8 Å². The van der Waals surface area contributed by atoms with Gasteiger partial charge in [0.15, 0.2) is 5.60 Å². The second-order valence-electron chi connectivity index (χ2n) is 6.98. The van der Waals surface area contributed by atoms with Crippen molar-refractivity contribution in [3.05, 3.63) is 0 Å². The van der Waals surface area contributed by atoms with Crippen molar-refractivity contribution in [3.8, 4) is 0 Å². The molecule has 0 fully saturated rings. The zero-order valence-electron chi connectivity index (χ0n) is 15.9. The van der Waals surface area contributed by atoms with Crippen LogP contribution in [0.3, 0.4) is 0 Å². The lowest BCUT2D eigenvalue weighted by Gasteiger charge is -2.33. The van der Waals surface area contributed by atoms with E-state index in [9.17, 15) is 19.8 Å². The van der Waals surface area contributed by atoms with E-state index in [0.29, 0.717) is 32.1 Å². The molecule has 0 aromatic heterocycles. The summed E-state index contributed by atoms with van der Waals surface area (Å²) in [5.74, 6) is -1.92. The summed E-state index contributed by atoms with van der Waals surface area (Å²) in [6.45, 7) is 7.48. The van der Waals surface area contributed by atoms with Crippen LogP contribution >= 0.6 is 0 Å². The van der Waals surface area contributed by atoms with Gasteiger partial charge >= 0.3 is 11.9 Å². The molecule has 0 aliphatic rings. The maximum atomic E-state index is 12.4. The number of unbranched alkanes of at least 4 members (excludes halogenated alkanes) is 5. The smallest absolute Gasteiger partial charge is 0.348 e. The molecule has 0 aromatic carbocycles. The van der Waals surface area contributed by atoms with Crippen LogP contribution in [-0.4, -0.2) is 33.4 Å². The molecule has 0 aromatic rings. The molecule has 2 N–H and O–H groups in total.